The molecular weight excluding hydrogens is 364 g/mol. The van der Waals surface area contributed by atoms with E-state index in [0.29, 0.717) is 31.1 Å². The fraction of sp³-hybridized carbons (Fsp3) is 0.368. The first kappa shape index (κ1) is 20.9. The second kappa shape index (κ2) is 9.48. The molecule has 0 spiro atoms. The van der Waals surface area contributed by atoms with Gasteiger partial charge in [0.1, 0.15) is 5.69 Å². The van der Waals surface area contributed by atoms with Crippen molar-refractivity contribution in [3.05, 3.63) is 53.9 Å². The molecule has 0 saturated heterocycles. The highest BCUT2D eigenvalue weighted by molar-refractivity contribution is 7.89. The number of pyridine rings is 1. The summed E-state index contributed by atoms with van der Waals surface area (Å²) < 4.78 is 22.5. The Morgan fingerprint density at radius 1 is 1.11 bits per heavy atom. The van der Waals surface area contributed by atoms with Gasteiger partial charge in [-0.1, -0.05) is 26.0 Å². The number of hydrogen-bond acceptors (Lipinski definition) is 5. The van der Waals surface area contributed by atoms with Gasteiger partial charge in [-0.3, -0.25) is 4.79 Å². The van der Waals surface area contributed by atoms with Crippen LogP contribution in [0.1, 0.15) is 36.3 Å². The first-order valence-corrected chi connectivity index (χ1v) is 10.4. The molecule has 4 N–H and O–H groups in total. The number of nitrogens with one attached hydrogen (secondary N) is 2. The lowest BCUT2D eigenvalue weighted by Gasteiger charge is -2.09. The van der Waals surface area contributed by atoms with Crippen LogP contribution in [0.2, 0.25) is 0 Å². The molecule has 1 aromatic carbocycles. The van der Waals surface area contributed by atoms with Crippen molar-refractivity contribution in [2.75, 3.05) is 18.4 Å². The smallest absolute Gasteiger partial charge is 0.269 e. The van der Waals surface area contributed by atoms with Gasteiger partial charge >= 0.3 is 0 Å². The van der Waals surface area contributed by atoms with Crippen LogP contribution in [0, 0.1) is 5.92 Å². The van der Waals surface area contributed by atoms with E-state index in [9.17, 15) is 13.2 Å². The van der Waals surface area contributed by atoms with Crippen LogP contribution in [-0.4, -0.2) is 32.4 Å². The molecule has 7 nitrogen and oxygen atoms in total. The molecule has 0 aliphatic carbocycles. The van der Waals surface area contributed by atoms with Gasteiger partial charge in [0.15, 0.2) is 0 Å². The minimum absolute atomic E-state index is 0.102. The molecule has 1 aromatic heterocycles. The summed E-state index contributed by atoms with van der Waals surface area (Å²) in [6, 6.07) is 9.98. The van der Waals surface area contributed by atoms with Gasteiger partial charge in [0.25, 0.3) is 5.91 Å². The summed E-state index contributed by atoms with van der Waals surface area (Å²) in [7, 11) is -3.66. The number of carbonyl (C=O) groups is 1. The number of primary sulfonamides is 1. The van der Waals surface area contributed by atoms with Gasteiger partial charge in [-0.15, -0.1) is 0 Å². The zero-order valence-corrected chi connectivity index (χ0v) is 16.4. The Labute approximate surface area is 160 Å². The van der Waals surface area contributed by atoms with Crippen molar-refractivity contribution in [1.29, 1.82) is 0 Å². The van der Waals surface area contributed by atoms with E-state index >= 15 is 0 Å². The van der Waals surface area contributed by atoms with E-state index < -0.39 is 10.0 Å². The second-order valence-corrected chi connectivity index (χ2v) is 8.30. The van der Waals surface area contributed by atoms with Crippen LogP contribution in [-0.2, 0) is 16.4 Å². The SMILES string of the molecule is CC(C)CCNC(=O)c1ccc(NCCc2ccc(S(N)(=O)=O)cc2)cn1. The zero-order valence-electron chi connectivity index (χ0n) is 15.6. The number of rotatable bonds is 9. The van der Waals surface area contributed by atoms with Gasteiger partial charge in [0.05, 0.1) is 16.8 Å². The summed E-state index contributed by atoms with van der Waals surface area (Å²) >= 11 is 0. The van der Waals surface area contributed by atoms with Crippen molar-refractivity contribution in [3.63, 3.8) is 0 Å². The number of benzene rings is 1. The molecule has 146 valence electrons. The molecule has 0 unspecified atom stereocenters. The molecule has 1 heterocycles. The highest BCUT2D eigenvalue weighted by Crippen LogP contribution is 2.11. The Balaban J connectivity index is 1.80. The largest absolute Gasteiger partial charge is 0.383 e. The third-order valence-corrected chi connectivity index (χ3v) is 4.93. The van der Waals surface area contributed by atoms with Gasteiger partial charge in [-0.25, -0.2) is 18.5 Å². The molecule has 0 atom stereocenters. The summed E-state index contributed by atoms with van der Waals surface area (Å²) in [5.74, 6) is 0.373. The summed E-state index contributed by atoms with van der Waals surface area (Å²) in [6.07, 6.45) is 3.27. The normalized spacial score (nSPS) is 11.4. The highest BCUT2D eigenvalue weighted by Gasteiger charge is 2.08. The van der Waals surface area contributed by atoms with Gasteiger partial charge in [-0.05, 0) is 48.6 Å². The number of nitrogens with two attached hydrogens (primary N) is 1. The monoisotopic (exact) mass is 390 g/mol. The first-order chi connectivity index (χ1) is 12.8. The van der Waals surface area contributed by atoms with E-state index in [1.807, 2.05) is 6.07 Å². The van der Waals surface area contributed by atoms with E-state index in [-0.39, 0.29) is 10.8 Å². The van der Waals surface area contributed by atoms with Crippen molar-refractivity contribution >= 4 is 21.6 Å². The zero-order chi connectivity index (χ0) is 19.9. The lowest BCUT2D eigenvalue weighted by atomic mass is 10.1. The van der Waals surface area contributed by atoms with Crippen LogP contribution in [0.15, 0.2) is 47.5 Å². The van der Waals surface area contributed by atoms with Gasteiger partial charge in [0.2, 0.25) is 10.0 Å². The van der Waals surface area contributed by atoms with Gasteiger partial charge in [-0.2, -0.15) is 0 Å². The molecule has 2 rings (SSSR count). The fourth-order valence-corrected chi connectivity index (χ4v) is 2.91. The number of nitrogens with zero attached hydrogens (tertiary/aromatic N) is 1. The van der Waals surface area contributed by atoms with Crippen LogP contribution < -0.4 is 15.8 Å². The highest BCUT2D eigenvalue weighted by atomic mass is 32.2. The van der Waals surface area contributed by atoms with Gasteiger partial charge in [0, 0.05) is 13.1 Å². The maximum Gasteiger partial charge on any atom is 0.269 e. The lowest BCUT2D eigenvalue weighted by Crippen LogP contribution is -2.26. The molecule has 0 aliphatic heterocycles. The van der Waals surface area contributed by atoms with Crippen LogP contribution >= 0.6 is 0 Å². The standard InChI is InChI=1S/C19H26N4O3S/c1-14(2)9-11-22-19(24)18-8-5-16(13-23-18)21-12-10-15-3-6-17(7-4-15)27(20,25)26/h3-8,13-14,21H,9-12H2,1-2H3,(H,22,24)(H2,20,25,26). The van der Waals surface area contributed by atoms with E-state index in [4.69, 9.17) is 5.14 Å². The van der Waals surface area contributed by atoms with E-state index in [0.717, 1.165) is 17.7 Å². The average molecular weight is 391 g/mol. The van der Waals surface area contributed by atoms with Crippen LogP contribution in [0.4, 0.5) is 5.69 Å². The maximum absolute atomic E-state index is 12.0. The molecular formula is C19H26N4O3S. The molecule has 27 heavy (non-hydrogen) atoms. The van der Waals surface area contributed by atoms with Crippen LogP contribution in [0.3, 0.4) is 0 Å². The molecule has 0 fully saturated rings. The number of carbonyl (C=O) groups excluding carboxylic acids is 1. The Hall–Kier alpha value is -2.45. The van der Waals surface area contributed by atoms with Crippen molar-refractivity contribution in [1.82, 2.24) is 10.3 Å². The summed E-state index contributed by atoms with van der Waals surface area (Å²) in [5.41, 5.74) is 2.20. The molecule has 8 heteroatoms. The van der Waals surface area contributed by atoms with Gasteiger partial charge < -0.3 is 10.6 Å². The second-order valence-electron chi connectivity index (χ2n) is 6.74. The van der Waals surface area contributed by atoms with E-state index in [1.54, 1.807) is 24.4 Å². The average Bonchev–Trinajstić information content (AvgIpc) is 2.61. The van der Waals surface area contributed by atoms with Crippen molar-refractivity contribution in [2.24, 2.45) is 11.1 Å². The fourth-order valence-electron chi connectivity index (χ4n) is 2.39. The molecule has 1 amide bonds. The number of sulfonamides is 1. The minimum atomic E-state index is -3.66. The maximum atomic E-state index is 12.0. The van der Waals surface area contributed by atoms with Crippen LogP contribution in [0.25, 0.3) is 0 Å². The minimum Gasteiger partial charge on any atom is -0.383 e. The Morgan fingerprint density at radius 3 is 2.37 bits per heavy atom. The molecule has 0 radical (unpaired) electrons. The molecule has 0 bridgehead atoms. The van der Waals surface area contributed by atoms with Crippen molar-refractivity contribution in [3.8, 4) is 0 Å². The number of amides is 1. The molecule has 0 aliphatic rings. The first-order valence-electron chi connectivity index (χ1n) is 8.85. The molecule has 0 saturated carbocycles. The summed E-state index contributed by atoms with van der Waals surface area (Å²) in [6.45, 7) is 5.51. The van der Waals surface area contributed by atoms with Crippen molar-refractivity contribution < 1.29 is 13.2 Å². The number of anilines is 1. The van der Waals surface area contributed by atoms with E-state index in [1.165, 1.54) is 12.1 Å². The molecule has 2 aromatic rings. The predicted molar refractivity (Wildman–Crippen MR) is 106 cm³/mol. The van der Waals surface area contributed by atoms with Crippen molar-refractivity contribution in [2.45, 2.75) is 31.6 Å². The van der Waals surface area contributed by atoms with Crippen LogP contribution in [0.5, 0.6) is 0 Å². The van der Waals surface area contributed by atoms with E-state index in [2.05, 4.69) is 29.5 Å². The predicted octanol–water partition coefficient (Wildman–Crippen LogP) is 2.16. The Bertz CT molecular complexity index is 848. The Kier molecular flexibility index (Phi) is 7.32. The number of hydrogen-bond donors (Lipinski definition) is 3. The number of aromatic nitrogens is 1. The topological polar surface area (TPSA) is 114 Å². The third-order valence-electron chi connectivity index (χ3n) is 4.00. The third kappa shape index (κ3) is 6.99. The lowest BCUT2D eigenvalue weighted by molar-refractivity contribution is 0.0947. The summed E-state index contributed by atoms with van der Waals surface area (Å²) in [5, 5.41) is 11.2. The summed E-state index contributed by atoms with van der Waals surface area (Å²) in [4.78, 5) is 16.3. The Morgan fingerprint density at radius 2 is 1.81 bits per heavy atom. The quantitative estimate of drug-likeness (QED) is 0.607.